The molecule has 2 heterocycles. The van der Waals surface area contributed by atoms with Crippen molar-refractivity contribution in [1.82, 2.24) is 19.7 Å². The van der Waals surface area contributed by atoms with Crippen LogP contribution in [0.25, 0.3) is 11.3 Å². The fourth-order valence-corrected chi connectivity index (χ4v) is 4.30. The Morgan fingerprint density at radius 3 is 2.69 bits per heavy atom. The third-order valence-electron chi connectivity index (χ3n) is 6.18. The van der Waals surface area contributed by atoms with Crippen molar-refractivity contribution in [2.24, 2.45) is 5.92 Å². The number of hydrogen-bond donors (Lipinski definition) is 1. The van der Waals surface area contributed by atoms with Crippen LogP contribution in [0.1, 0.15) is 44.0 Å². The number of anilines is 1. The largest absolute Gasteiger partial charge is 0.419 e. The first-order valence-corrected chi connectivity index (χ1v) is 10.8. The van der Waals surface area contributed by atoms with E-state index in [2.05, 4.69) is 28.6 Å². The van der Waals surface area contributed by atoms with E-state index < -0.39 is 17.6 Å². The summed E-state index contributed by atoms with van der Waals surface area (Å²) in [5.74, 6) is -0.238. The molecular weight excluding hydrogens is 419 g/mol. The SMILES string of the molecule is C=C1C[C@H](N(C)CCOC)C[C@@H]1Cc1cc(-c2cnc(N)c(C(F)(F)F)c2)nn1C(C)C. The van der Waals surface area contributed by atoms with E-state index in [9.17, 15) is 13.2 Å². The molecule has 0 unspecified atom stereocenters. The predicted molar refractivity (Wildman–Crippen MR) is 119 cm³/mol. The van der Waals surface area contributed by atoms with E-state index in [1.54, 1.807) is 7.11 Å². The van der Waals surface area contributed by atoms with Crippen molar-refractivity contribution in [3.8, 4) is 11.3 Å². The Balaban J connectivity index is 1.84. The van der Waals surface area contributed by atoms with Gasteiger partial charge in [0.05, 0.1) is 17.9 Å². The number of hydrogen-bond acceptors (Lipinski definition) is 5. The molecule has 6 nitrogen and oxygen atoms in total. The van der Waals surface area contributed by atoms with Gasteiger partial charge in [-0.25, -0.2) is 4.98 Å². The Morgan fingerprint density at radius 1 is 1.34 bits per heavy atom. The van der Waals surface area contributed by atoms with Crippen molar-refractivity contribution in [2.75, 3.05) is 33.0 Å². The molecule has 0 aromatic carbocycles. The van der Waals surface area contributed by atoms with Gasteiger partial charge in [-0.1, -0.05) is 12.2 Å². The van der Waals surface area contributed by atoms with E-state index in [0.717, 1.165) is 37.6 Å². The van der Waals surface area contributed by atoms with E-state index >= 15 is 0 Å². The van der Waals surface area contributed by atoms with E-state index in [4.69, 9.17) is 10.5 Å². The van der Waals surface area contributed by atoms with Gasteiger partial charge in [0.25, 0.3) is 0 Å². The van der Waals surface area contributed by atoms with Gasteiger partial charge in [-0.05, 0) is 58.2 Å². The molecule has 2 N–H and O–H groups in total. The van der Waals surface area contributed by atoms with Gasteiger partial charge in [0.1, 0.15) is 5.82 Å². The third kappa shape index (κ3) is 5.32. The van der Waals surface area contributed by atoms with Crippen molar-refractivity contribution in [3.63, 3.8) is 0 Å². The Hall–Kier alpha value is -2.39. The lowest BCUT2D eigenvalue weighted by Gasteiger charge is -2.23. The maximum absolute atomic E-state index is 13.3. The van der Waals surface area contributed by atoms with Crippen LogP contribution in [0.5, 0.6) is 0 Å². The monoisotopic (exact) mass is 451 g/mol. The van der Waals surface area contributed by atoms with Crippen LogP contribution in [0, 0.1) is 5.92 Å². The second-order valence-corrected chi connectivity index (χ2v) is 8.84. The van der Waals surface area contributed by atoms with E-state index in [1.807, 2.05) is 24.6 Å². The molecule has 2 aromatic heterocycles. The number of nitrogens with two attached hydrogens (primary N) is 1. The summed E-state index contributed by atoms with van der Waals surface area (Å²) in [4.78, 5) is 6.06. The van der Waals surface area contributed by atoms with Gasteiger partial charge in [0.2, 0.25) is 0 Å². The summed E-state index contributed by atoms with van der Waals surface area (Å²) in [6, 6.07) is 3.36. The first-order chi connectivity index (χ1) is 15.0. The van der Waals surface area contributed by atoms with Crippen LogP contribution in [0.4, 0.5) is 19.0 Å². The van der Waals surface area contributed by atoms with Gasteiger partial charge >= 0.3 is 6.18 Å². The number of pyridine rings is 1. The number of nitrogens with zero attached hydrogens (tertiary/aromatic N) is 4. The second kappa shape index (κ2) is 9.62. The number of methoxy groups -OCH3 is 1. The van der Waals surface area contributed by atoms with Gasteiger partial charge in [-0.15, -0.1) is 0 Å². The lowest BCUT2D eigenvalue weighted by molar-refractivity contribution is -0.137. The van der Waals surface area contributed by atoms with Crippen LogP contribution >= 0.6 is 0 Å². The fourth-order valence-electron chi connectivity index (χ4n) is 4.30. The number of likely N-dealkylation sites (N-methyl/N-ethyl adjacent to an activating group) is 1. The molecule has 3 rings (SSSR count). The van der Waals surface area contributed by atoms with Crippen molar-refractivity contribution < 1.29 is 17.9 Å². The zero-order valence-electron chi connectivity index (χ0n) is 19.1. The quantitative estimate of drug-likeness (QED) is 0.595. The van der Waals surface area contributed by atoms with Crippen LogP contribution in [-0.2, 0) is 17.3 Å². The Morgan fingerprint density at radius 2 is 2.06 bits per heavy atom. The number of alkyl halides is 3. The number of aromatic nitrogens is 3. The number of ether oxygens (including phenoxy) is 1. The van der Waals surface area contributed by atoms with Crippen LogP contribution in [0.3, 0.4) is 0 Å². The normalized spacial score (nSPS) is 19.5. The van der Waals surface area contributed by atoms with Crippen LogP contribution in [0.15, 0.2) is 30.5 Å². The maximum atomic E-state index is 13.3. The zero-order valence-corrected chi connectivity index (χ0v) is 19.1. The molecule has 1 aliphatic rings. The summed E-state index contributed by atoms with van der Waals surface area (Å²) in [6.45, 7) is 9.86. The average Bonchev–Trinajstić information content (AvgIpc) is 3.30. The highest BCUT2D eigenvalue weighted by atomic mass is 19.4. The Labute approximate surface area is 187 Å². The van der Waals surface area contributed by atoms with Gasteiger partial charge in [0, 0.05) is 43.2 Å². The van der Waals surface area contributed by atoms with Gasteiger partial charge in [-0.2, -0.15) is 18.3 Å². The minimum atomic E-state index is -4.57. The first-order valence-electron chi connectivity index (χ1n) is 10.8. The molecule has 176 valence electrons. The molecule has 9 heteroatoms. The van der Waals surface area contributed by atoms with E-state index in [-0.39, 0.29) is 6.04 Å². The molecule has 0 radical (unpaired) electrons. The molecule has 0 bridgehead atoms. The number of rotatable bonds is 8. The minimum Gasteiger partial charge on any atom is -0.383 e. The highest BCUT2D eigenvalue weighted by Gasteiger charge is 2.35. The van der Waals surface area contributed by atoms with Gasteiger partial charge in [-0.3, -0.25) is 4.68 Å². The number of halogens is 3. The highest BCUT2D eigenvalue weighted by Crippen LogP contribution is 2.37. The molecule has 1 fully saturated rings. The Bertz CT molecular complexity index is 954. The van der Waals surface area contributed by atoms with Crippen LogP contribution in [-0.4, -0.2) is 53.0 Å². The third-order valence-corrected chi connectivity index (χ3v) is 6.18. The molecule has 0 spiro atoms. The average molecular weight is 452 g/mol. The fraction of sp³-hybridized carbons (Fsp3) is 0.565. The highest BCUT2D eigenvalue weighted by molar-refractivity contribution is 5.62. The summed E-state index contributed by atoms with van der Waals surface area (Å²) in [7, 11) is 3.80. The van der Waals surface area contributed by atoms with Crippen LogP contribution in [0.2, 0.25) is 0 Å². The smallest absolute Gasteiger partial charge is 0.383 e. The van der Waals surface area contributed by atoms with Crippen molar-refractivity contribution in [1.29, 1.82) is 0 Å². The number of nitrogen functional groups attached to an aromatic ring is 1. The summed E-state index contributed by atoms with van der Waals surface area (Å²) in [5, 5.41) is 4.61. The lowest BCUT2D eigenvalue weighted by Crippen LogP contribution is -2.32. The maximum Gasteiger partial charge on any atom is 0.419 e. The second-order valence-electron chi connectivity index (χ2n) is 8.84. The summed E-state index contributed by atoms with van der Waals surface area (Å²) < 4.78 is 46.9. The van der Waals surface area contributed by atoms with E-state index in [1.165, 1.54) is 11.8 Å². The zero-order chi connectivity index (χ0) is 23.6. The summed E-state index contributed by atoms with van der Waals surface area (Å²) in [6.07, 6.45) is -0.560. The standard InChI is InChI=1S/C23H32F3N5O/c1-14(2)31-19(10-16-9-18(8-15(16)3)30(4)6-7-32-5)12-21(29-31)17-11-20(23(24,25)26)22(27)28-13-17/h11-14,16,18H,3,6-10H2,1-2,4-5H3,(H2,27,28)/t16-,18+/m1/s1. The molecule has 0 aliphatic heterocycles. The molecule has 0 amide bonds. The topological polar surface area (TPSA) is 69.2 Å². The molecular formula is C23H32F3N5O. The van der Waals surface area contributed by atoms with Gasteiger partial charge < -0.3 is 15.4 Å². The summed E-state index contributed by atoms with van der Waals surface area (Å²) in [5.41, 5.74) is 7.45. The molecule has 1 aliphatic carbocycles. The lowest BCUT2D eigenvalue weighted by atomic mass is 9.97. The molecule has 2 atom stereocenters. The van der Waals surface area contributed by atoms with E-state index in [0.29, 0.717) is 29.8 Å². The minimum absolute atomic E-state index is 0.0671. The predicted octanol–water partition coefficient (Wildman–Crippen LogP) is 4.58. The molecule has 32 heavy (non-hydrogen) atoms. The van der Waals surface area contributed by atoms with Gasteiger partial charge in [0.15, 0.2) is 0 Å². The molecule has 0 saturated heterocycles. The molecule has 1 saturated carbocycles. The van der Waals surface area contributed by atoms with Crippen molar-refractivity contribution in [3.05, 3.63) is 41.7 Å². The molecule has 2 aromatic rings. The summed E-state index contributed by atoms with van der Waals surface area (Å²) >= 11 is 0. The Kier molecular flexibility index (Phi) is 7.29. The van der Waals surface area contributed by atoms with Crippen molar-refractivity contribution in [2.45, 2.75) is 51.4 Å². The first kappa shape index (κ1) is 24.3. The van der Waals surface area contributed by atoms with Crippen LogP contribution < -0.4 is 5.73 Å². The van der Waals surface area contributed by atoms with Crippen molar-refractivity contribution >= 4 is 5.82 Å².